The van der Waals surface area contributed by atoms with E-state index >= 15 is 0 Å². The Kier molecular flexibility index (Phi) is 4.77. The highest BCUT2D eigenvalue weighted by Gasteiger charge is 2.03. The first kappa shape index (κ1) is 11.7. The third-order valence-electron chi connectivity index (χ3n) is 2.02. The van der Waals surface area contributed by atoms with Crippen LogP contribution in [0.5, 0.6) is 0 Å². The van der Waals surface area contributed by atoms with Crippen molar-refractivity contribution in [1.82, 2.24) is 10.3 Å². The minimum absolute atomic E-state index is 0.0259. The van der Waals surface area contributed by atoms with Crippen molar-refractivity contribution in [3.05, 3.63) is 30.1 Å². The van der Waals surface area contributed by atoms with Crippen LogP contribution in [0.3, 0.4) is 0 Å². The SMILES string of the molecule is CC(N)CCC(=O)NCc1ccccn1. The first-order valence-corrected chi connectivity index (χ1v) is 5.10. The number of rotatable bonds is 5. The number of carbonyl (C=O) groups is 1. The molecule has 0 radical (unpaired) electrons. The summed E-state index contributed by atoms with van der Waals surface area (Å²) in [7, 11) is 0. The molecule has 1 amide bonds. The van der Waals surface area contributed by atoms with Crippen LogP contribution in [0.4, 0.5) is 0 Å². The average molecular weight is 207 g/mol. The van der Waals surface area contributed by atoms with Gasteiger partial charge in [0.1, 0.15) is 0 Å². The van der Waals surface area contributed by atoms with Gasteiger partial charge in [-0.05, 0) is 25.5 Å². The number of hydrogen-bond acceptors (Lipinski definition) is 3. The Balaban J connectivity index is 2.23. The summed E-state index contributed by atoms with van der Waals surface area (Å²) < 4.78 is 0. The Morgan fingerprint density at radius 2 is 2.40 bits per heavy atom. The van der Waals surface area contributed by atoms with E-state index in [0.29, 0.717) is 19.4 Å². The van der Waals surface area contributed by atoms with Crippen LogP contribution in [0.15, 0.2) is 24.4 Å². The van der Waals surface area contributed by atoms with E-state index in [1.54, 1.807) is 6.20 Å². The summed E-state index contributed by atoms with van der Waals surface area (Å²) in [5.74, 6) is 0.0259. The van der Waals surface area contributed by atoms with Gasteiger partial charge in [-0.3, -0.25) is 9.78 Å². The summed E-state index contributed by atoms with van der Waals surface area (Å²) in [5.41, 5.74) is 6.42. The zero-order chi connectivity index (χ0) is 11.1. The molecule has 1 aromatic rings. The molecular weight excluding hydrogens is 190 g/mol. The predicted octanol–water partition coefficient (Wildman–Crippen LogP) is 0.825. The molecule has 1 heterocycles. The van der Waals surface area contributed by atoms with Gasteiger partial charge in [-0.2, -0.15) is 0 Å². The quantitative estimate of drug-likeness (QED) is 0.751. The normalized spacial score (nSPS) is 12.1. The fourth-order valence-corrected chi connectivity index (χ4v) is 1.14. The first-order valence-electron chi connectivity index (χ1n) is 5.10. The Morgan fingerprint density at radius 3 is 3.00 bits per heavy atom. The molecule has 1 unspecified atom stereocenters. The first-order chi connectivity index (χ1) is 7.18. The molecule has 4 heteroatoms. The van der Waals surface area contributed by atoms with E-state index in [9.17, 15) is 4.79 Å². The van der Waals surface area contributed by atoms with Crippen LogP contribution in [-0.2, 0) is 11.3 Å². The standard InChI is InChI=1S/C11H17N3O/c1-9(12)5-6-11(15)14-8-10-4-2-3-7-13-10/h2-4,7,9H,5-6,8,12H2,1H3,(H,14,15). The third-order valence-corrected chi connectivity index (χ3v) is 2.02. The lowest BCUT2D eigenvalue weighted by molar-refractivity contribution is -0.121. The molecule has 0 aliphatic heterocycles. The maximum absolute atomic E-state index is 11.3. The molecule has 4 nitrogen and oxygen atoms in total. The molecule has 1 rings (SSSR count). The minimum atomic E-state index is 0.0259. The molecule has 1 aromatic heterocycles. The monoisotopic (exact) mass is 207 g/mol. The van der Waals surface area contributed by atoms with Gasteiger partial charge < -0.3 is 11.1 Å². The highest BCUT2D eigenvalue weighted by molar-refractivity contribution is 5.75. The van der Waals surface area contributed by atoms with Gasteiger partial charge in [-0.1, -0.05) is 6.07 Å². The third kappa shape index (κ3) is 5.12. The highest BCUT2D eigenvalue weighted by atomic mass is 16.1. The van der Waals surface area contributed by atoms with Crippen molar-refractivity contribution in [2.24, 2.45) is 5.73 Å². The van der Waals surface area contributed by atoms with Crippen molar-refractivity contribution in [2.75, 3.05) is 0 Å². The van der Waals surface area contributed by atoms with Gasteiger partial charge in [0.05, 0.1) is 12.2 Å². The Morgan fingerprint density at radius 1 is 1.60 bits per heavy atom. The van der Waals surface area contributed by atoms with E-state index in [1.807, 2.05) is 25.1 Å². The fourth-order valence-electron chi connectivity index (χ4n) is 1.14. The van der Waals surface area contributed by atoms with Crippen LogP contribution in [0, 0.1) is 0 Å². The highest BCUT2D eigenvalue weighted by Crippen LogP contribution is 1.95. The molecule has 0 fully saturated rings. The van der Waals surface area contributed by atoms with Crippen LogP contribution >= 0.6 is 0 Å². The molecule has 0 saturated heterocycles. The Labute approximate surface area is 89.9 Å². The lowest BCUT2D eigenvalue weighted by Gasteiger charge is -2.06. The van der Waals surface area contributed by atoms with Gasteiger partial charge in [0.15, 0.2) is 0 Å². The van der Waals surface area contributed by atoms with Gasteiger partial charge in [0.25, 0.3) is 0 Å². The maximum atomic E-state index is 11.3. The number of nitrogens with zero attached hydrogens (tertiary/aromatic N) is 1. The zero-order valence-corrected chi connectivity index (χ0v) is 8.94. The van der Waals surface area contributed by atoms with E-state index in [0.717, 1.165) is 5.69 Å². The molecule has 1 atom stereocenters. The molecule has 15 heavy (non-hydrogen) atoms. The molecule has 0 spiro atoms. The molecule has 3 N–H and O–H groups in total. The van der Waals surface area contributed by atoms with Gasteiger partial charge in [0, 0.05) is 18.7 Å². The van der Waals surface area contributed by atoms with Crippen molar-refractivity contribution in [1.29, 1.82) is 0 Å². The van der Waals surface area contributed by atoms with Crippen LogP contribution in [0.25, 0.3) is 0 Å². The summed E-state index contributed by atoms with van der Waals surface area (Å²) in [6.07, 6.45) is 2.90. The number of nitrogens with one attached hydrogen (secondary N) is 1. The summed E-state index contributed by atoms with van der Waals surface area (Å²) in [5, 5.41) is 2.80. The lowest BCUT2D eigenvalue weighted by Crippen LogP contribution is -2.25. The number of aromatic nitrogens is 1. The van der Waals surface area contributed by atoms with Crippen LogP contribution < -0.4 is 11.1 Å². The van der Waals surface area contributed by atoms with E-state index in [2.05, 4.69) is 10.3 Å². The van der Waals surface area contributed by atoms with Gasteiger partial charge >= 0.3 is 0 Å². The van der Waals surface area contributed by atoms with Crippen molar-refractivity contribution in [3.8, 4) is 0 Å². The Bertz CT molecular complexity index is 298. The molecule has 0 saturated carbocycles. The maximum Gasteiger partial charge on any atom is 0.220 e. The molecule has 0 bridgehead atoms. The van der Waals surface area contributed by atoms with Gasteiger partial charge in [0.2, 0.25) is 5.91 Å². The van der Waals surface area contributed by atoms with Crippen molar-refractivity contribution >= 4 is 5.91 Å². The van der Waals surface area contributed by atoms with Crippen LogP contribution in [0.2, 0.25) is 0 Å². The van der Waals surface area contributed by atoms with Crippen LogP contribution in [0.1, 0.15) is 25.5 Å². The number of pyridine rings is 1. The molecular formula is C11H17N3O. The number of carbonyl (C=O) groups excluding carboxylic acids is 1. The van der Waals surface area contributed by atoms with E-state index < -0.39 is 0 Å². The Hall–Kier alpha value is -1.42. The smallest absolute Gasteiger partial charge is 0.220 e. The summed E-state index contributed by atoms with van der Waals surface area (Å²) in [6.45, 7) is 2.38. The fraction of sp³-hybridized carbons (Fsp3) is 0.455. The van der Waals surface area contributed by atoms with Crippen molar-refractivity contribution < 1.29 is 4.79 Å². The molecule has 0 aliphatic carbocycles. The second-order valence-electron chi connectivity index (χ2n) is 3.61. The van der Waals surface area contributed by atoms with Gasteiger partial charge in [-0.25, -0.2) is 0 Å². The second kappa shape index (κ2) is 6.14. The average Bonchev–Trinajstić information content (AvgIpc) is 2.25. The van der Waals surface area contributed by atoms with E-state index in [4.69, 9.17) is 5.73 Å². The second-order valence-corrected chi connectivity index (χ2v) is 3.61. The molecule has 0 aliphatic rings. The van der Waals surface area contributed by atoms with E-state index in [-0.39, 0.29) is 11.9 Å². The summed E-state index contributed by atoms with van der Waals surface area (Å²) >= 11 is 0. The number of hydrogen-bond donors (Lipinski definition) is 2. The number of nitrogens with two attached hydrogens (primary N) is 1. The van der Waals surface area contributed by atoms with Crippen LogP contribution in [-0.4, -0.2) is 16.9 Å². The summed E-state index contributed by atoms with van der Waals surface area (Å²) in [4.78, 5) is 15.4. The summed E-state index contributed by atoms with van der Waals surface area (Å²) in [6, 6.07) is 5.70. The van der Waals surface area contributed by atoms with Gasteiger partial charge in [-0.15, -0.1) is 0 Å². The molecule has 0 aromatic carbocycles. The van der Waals surface area contributed by atoms with Crippen molar-refractivity contribution in [2.45, 2.75) is 32.4 Å². The van der Waals surface area contributed by atoms with Crippen molar-refractivity contribution in [3.63, 3.8) is 0 Å². The largest absolute Gasteiger partial charge is 0.350 e. The predicted molar refractivity (Wildman–Crippen MR) is 59.0 cm³/mol. The topological polar surface area (TPSA) is 68.0 Å². The number of amides is 1. The minimum Gasteiger partial charge on any atom is -0.350 e. The lowest BCUT2D eigenvalue weighted by atomic mass is 10.2. The molecule has 82 valence electrons. The van der Waals surface area contributed by atoms with E-state index in [1.165, 1.54) is 0 Å². The zero-order valence-electron chi connectivity index (χ0n) is 8.94.